The SMILES string of the molecule is Cc1n[nH]c(C)c1CN[C@@H](C)c1ccccc1. The summed E-state index contributed by atoms with van der Waals surface area (Å²) >= 11 is 0. The number of aryl methyl sites for hydroxylation is 2. The van der Waals surface area contributed by atoms with E-state index in [1.165, 1.54) is 11.1 Å². The molecule has 17 heavy (non-hydrogen) atoms. The molecule has 0 spiro atoms. The topological polar surface area (TPSA) is 40.7 Å². The van der Waals surface area contributed by atoms with E-state index in [1.54, 1.807) is 0 Å². The number of nitrogens with one attached hydrogen (secondary N) is 2. The highest BCUT2D eigenvalue weighted by molar-refractivity contribution is 5.24. The zero-order valence-electron chi connectivity index (χ0n) is 10.6. The van der Waals surface area contributed by atoms with Gasteiger partial charge in [0.1, 0.15) is 0 Å². The molecule has 1 atom stereocenters. The zero-order chi connectivity index (χ0) is 12.3. The van der Waals surface area contributed by atoms with Gasteiger partial charge in [0.15, 0.2) is 0 Å². The summed E-state index contributed by atoms with van der Waals surface area (Å²) in [6.45, 7) is 7.13. The number of aromatic nitrogens is 2. The minimum Gasteiger partial charge on any atom is -0.306 e. The van der Waals surface area contributed by atoms with Gasteiger partial charge in [0.25, 0.3) is 0 Å². The van der Waals surface area contributed by atoms with Crippen LogP contribution in [0.15, 0.2) is 30.3 Å². The molecule has 3 heteroatoms. The van der Waals surface area contributed by atoms with E-state index in [4.69, 9.17) is 0 Å². The Balaban J connectivity index is 1.99. The lowest BCUT2D eigenvalue weighted by molar-refractivity contribution is 0.572. The Morgan fingerprint density at radius 1 is 1.24 bits per heavy atom. The van der Waals surface area contributed by atoms with Gasteiger partial charge in [0, 0.05) is 23.8 Å². The number of aromatic amines is 1. The molecule has 90 valence electrons. The second-order valence-electron chi connectivity index (χ2n) is 4.43. The molecule has 2 N–H and O–H groups in total. The molecule has 1 aromatic carbocycles. The first-order valence-corrected chi connectivity index (χ1v) is 5.97. The van der Waals surface area contributed by atoms with Crippen LogP contribution in [-0.4, -0.2) is 10.2 Å². The van der Waals surface area contributed by atoms with Crippen molar-refractivity contribution in [3.63, 3.8) is 0 Å². The molecule has 3 nitrogen and oxygen atoms in total. The molecule has 1 heterocycles. The molecule has 0 aliphatic rings. The third kappa shape index (κ3) is 2.74. The molecule has 0 unspecified atom stereocenters. The molecular formula is C14H19N3. The summed E-state index contributed by atoms with van der Waals surface area (Å²) < 4.78 is 0. The Hall–Kier alpha value is -1.61. The summed E-state index contributed by atoms with van der Waals surface area (Å²) in [6.07, 6.45) is 0. The third-order valence-corrected chi connectivity index (χ3v) is 3.17. The maximum absolute atomic E-state index is 4.20. The lowest BCUT2D eigenvalue weighted by atomic mass is 10.1. The number of H-pyrrole nitrogens is 1. The van der Waals surface area contributed by atoms with Crippen LogP contribution in [0.25, 0.3) is 0 Å². The first-order chi connectivity index (χ1) is 8.18. The summed E-state index contributed by atoms with van der Waals surface area (Å²) in [4.78, 5) is 0. The van der Waals surface area contributed by atoms with Crippen LogP contribution in [0.4, 0.5) is 0 Å². The van der Waals surface area contributed by atoms with Crippen LogP contribution in [0, 0.1) is 13.8 Å². The van der Waals surface area contributed by atoms with Crippen LogP contribution in [0.2, 0.25) is 0 Å². The van der Waals surface area contributed by atoms with Crippen LogP contribution in [0.5, 0.6) is 0 Å². The first-order valence-electron chi connectivity index (χ1n) is 5.97. The first kappa shape index (κ1) is 11.9. The highest BCUT2D eigenvalue weighted by Gasteiger charge is 2.08. The van der Waals surface area contributed by atoms with E-state index in [0.29, 0.717) is 6.04 Å². The Morgan fingerprint density at radius 3 is 2.53 bits per heavy atom. The second-order valence-corrected chi connectivity index (χ2v) is 4.43. The van der Waals surface area contributed by atoms with Gasteiger partial charge in [-0.1, -0.05) is 30.3 Å². The lowest BCUT2D eigenvalue weighted by Crippen LogP contribution is -2.18. The van der Waals surface area contributed by atoms with Crippen molar-refractivity contribution in [2.45, 2.75) is 33.4 Å². The van der Waals surface area contributed by atoms with Gasteiger partial charge in [-0.15, -0.1) is 0 Å². The number of hydrogen-bond donors (Lipinski definition) is 2. The number of benzene rings is 1. The number of hydrogen-bond acceptors (Lipinski definition) is 2. The predicted molar refractivity (Wildman–Crippen MR) is 69.8 cm³/mol. The summed E-state index contributed by atoms with van der Waals surface area (Å²) in [5, 5.41) is 10.7. The van der Waals surface area contributed by atoms with Gasteiger partial charge in [-0.2, -0.15) is 5.10 Å². The molecule has 0 bridgehead atoms. The van der Waals surface area contributed by atoms with E-state index >= 15 is 0 Å². The van der Waals surface area contributed by atoms with Crippen molar-refractivity contribution in [1.82, 2.24) is 15.5 Å². The number of nitrogens with zero attached hydrogens (tertiary/aromatic N) is 1. The quantitative estimate of drug-likeness (QED) is 0.846. The molecule has 0 radical (unpaired) electrons. The molecule has 0 amide bonds. The maximum Gasteiger partial charge on any atom is 0.0638 e. The summed E-state index contributed by atoms with van der Waals surface area (Å²) in [5.41, 5.74) is 4.81. The third-order valence-electron chi connectivity index (χ3n) is 3.17. The minimum atomic E-state index is 0.352. The van der Waals surface area contributed by atoms with Crippen molar-refractivity contribution in [1.29, 1.82) is 0 Å². The predicted octanol–water partition coefficient (Wildman–Crippen LogP) is 2.88. The fourth-order valence-electron chi connectivity index (χ4n) is 1.95. The van der Waals surface area contributed by atoms with Crippen molar-refractivity contribution in [2.24, 2.45) is 0 Å². The molecule has 1 aromatic heterocycles. The van der Waals surface area contributed by atoms with Gasteiger partial charge in [-0.05, 0) is 26.3 Å². The van der Waals surface area contributed by atoms with Crippen molar-refractivity contribution in [3.8, 4) is 0 Å². The van der Waals surface area contributed by atoms with Gasteiger partial charge < -0.3 is 5.32 Å². The molecule has 0 aliphatic carbocycles. The molecule has 0 saturated carbocycles. The average molecular weight is 229 g/mol. The van der Waals surface area contributed by atoms with Gasteiger partial charge >= 0.3 is 0 Å². The second kappa shape index (κ2) is 5.15. The van der Waals surface area contributed by atoms with Gasteiger partial charge in [0.05, 0.1) is 5.69 Å². The van der Waals surface area contributed by atoms with Crippen molar-refractivity contribution in [3.05, 3.63) is 52.8 Å². The van der Waals surface area contributed by atoms with Crippen LogP contribution in [-0.2, 0) is 6.54 Å². The fourth-order valence-corrected chi connectivity index (χ4v) is 1.95. The molecule has 0 saturated heterocycles. The smallest absolute Gasteiger partial charge is 0.0638 e. The largest absolute Gasteiger partial charge is 0.306 e. The lowest BCUT2D eigenvalue weighted by Gasteiger charge is -2.14. The van der Waals surface area contributed by atoms with Crippen LogP contribution < -0.4 is 5.32 Å². The monoisotopic (exact) mass is 229 g/mol. The highest BCUT2D eigenvalue weighted by atomic mass is 15.1. The molecule has 0 aliphatic heterocycles. The zero-order valence-corrected chi connectivity index (χ0v) is 10.6. The van der Waals surface area contributed by atoms with Gasteiger partial charge in [-0.3, -0.25) is 5.10 Å². The van der Waals surface area contributed by atoms with Gasteiger partial charge in [-0.25, -0.2) is 0 Å². The van der Waals surface area contributed by atoms with Crippen molar-refractivity contribution >= 4 is 0 Å². The Kier molecular flexibility index (Phi) is 3.59. The summed E-state index contributed by atoms with van der Waals surface area (Å²) in [5.74, 6) is 0. The van der Waals surface area contributed by atoms with E-state index in [-0.39, 0.29) is 0 Å². The highest BCUT2D eigenvalue weighted by Crippen LogP contribution is 2.14. The summed E-state index contributed by atoms with van der Waals surface area (Å²) in [6, 6.07) is 10.8. The normalized spacial score (nSPS) is 12.6. The van der Waals surface area contributed by atoms with E-state index in [0.717, 1.165) is 17.9 Å². The van der Waals surface area contributed by atoms with E-state index < -0.39 is 0 Å². The van der Waals surface area contributed by atoms with Crippen LogP contribution in [0.3, 0.4) is 0 Å². The fraction of sp³-hybridized carbons (Fsp3) is 0.357. The number of rotatable bonds is 4. The molecule has 2 aromatic rings. The standard InChI is InChI=1S/C14H19N3/c1-10(13-7-5-4-6-8-13)15-9-14-11(2)16-17-12(14)3/h4-8,10,15H,9H2,1-3H3,(H,16,17)/t10-/m0/s1. The summed E-state index contributed by atoms with van der Waals surface area (Å²) in [7, 11) is 0. The van der Waals surface area contributed by atoms with Gasteiger partial charge in [0.2, 0.25) is 0 Å². The Labute approximate surface area is 102 Å². The van der Waals surface area contributed by atoms with Crippen molar-refractivity contribution < 1.29 is 0 Å². The maximum atomic E-state index is 4.20. The minimum absolute atomic E-state index is 0.352. The van der Waals surface area contributed by atoms with Crippen LogP contribution in [0.1, 0.15) is 35.5 Å². The molecule has 2 rings (SSSR count). The van der Waals surface area contributed by atoms with E-state index in [2.05, 4.69) is 53.6 Å². The van der Waals surface area contributed by atoms with E-state index in [9.17, 15) is 0 Å². The van der Waals surface area contributed by atoms with E-state index in [1.807, 2.05) is 13.0 Å². The van der Waals surface area contributed by atoms with Crippen LogP contribution >= 0.6 is 0 Å². The average Bonchev–Trinajstić information content (AvgIpc) is 2.67. The molecular weight excluding hydrogens is 210 g/mol. The molecule has 0 fully saturated rings. The van der Waals surface area contributed by atoms with Crippen molar-refractivity contribution in [2.75, 3.05) is 0 Å². The Morgan fingerprint density at radius 2 is 1.94 bits per heavy atom. The Bertz CT molecular complexity index is 454.